The Hall–Kier alpha value is -3.00. The molecule has 3 aliphatic rings. The first-order valence-electron chi connectivity index (χ1n) is 12.1. The molecule has 8 heteroatoms. The highest BCUT2D eigenvalue weighted by molar-refractivity contribution is 5.81. The molecule has 1 aliphatic carbocycles. The summed E-state index contributed by atoms with van der Waals surface area (Å²) in [6.45, 7) is 5.04. The number of carbonyl (C=O) groups excluding carboxylic acids is 1. The molecule has 1 atom stereocenters. The van der Waals surface area contributed by atoms with Gasteiger partial charge in [-0.25, -0.2) is 9.50 Å². The highest BCUT2D eigenvalue weighted by atomic mass is 16.2. The van der Waals surface area contributed by atoms with E-state index in [9.17, 15) is 9.59 Å². The van der Waals surface area contributed by atoms with Crippen molar-refractivity contribution in [3.05, 3.63) is 63.0 Å². The fourth-order valence-electron chi connectivity index (χ4n) is 5.38. The maximum absolute atomic E-state index is 13.4. The molecule has 172 valence electrons. The van der Waals surface area contributed by atoms with E-state index in [1.165, 1.54) is 24.0 Å². The number of nitrogens with zero attached hydrogens (tertiary/aromatic N) is 5. The molecule has 2 aliphatic heterocycles. The number of rotatable bonds is 4. The zero-order chi connectivity index (χ0) is 22.5. The van der Waals surface area contributed by atoms with E-state index in [0.29, 0.717) is 30.7 Å². The van der Waals surface area contributed by atoms with Gasteiger partial charge in [-0.05, 0) is 56.3 Å². The minimum Gasteiger partial charge on any atom is -0.337 e. The van der Waals surface area contributed by atoms with Crippen LogP contribution in [0.2, 0.25) is 0 Å². The second-order valence-electron chi connectivity index (χ2n) is 9.82. The van der Waals surface area contributed by atoms with Gasteiger partial charge in [0.2, 0.25) is 5.91 Å². The second-order valence-corrected chi connectivity index (χ2v) is 9.82. The molecular formula is C25H30N6O2. The summed E-state index contributed by atoms with van der Waals surface area (Å²) >= 11 is 0. The van der Waals surface area contributed by atoms with Gasteiger partial charge < -0.3 is 4.90 Å². The van der Waals surface area contributed by atoms with Gasteiger partial charge in [-0.15, -0.1) is 0 Å². The summed E-state index contributed by atoms with van der Waals surface area (Å²) in [5.41, 5.74) is 5.66. The number of aromatic amines is 1. The molecule has 3 aromatic heterocycles. The van der Waals surface area contributed by atoms with Crippen molar-refractivity contribution >= 4 is 11.6 Å². The third kappa shape index (κ3) is 3.76. The Morgan fingerprint density at radius 3 is 2.91 bits per heavy atom. The predicted molar refractivity (Wildman–Crippen MR) is 124 cm³/mol. The van der Waals surface area contributed by atoms with Crippen LogP contribution < -0.4 is 5.56 Å². The van der Waals surface area contributed by atoms with E-state index < -0.39 is 0 Å². The average molecular weight is 447 g/mol. The molecule has 0 bridgehead atoms. The summed E-state index contributed by atoms with van der Waals surface area (Å²) in [6, 6.07) is 4.37. The molecule has 5 heterocycles. The quantitative estimate of drug-likeness (QED) is 0.666. The number of hydrogen-bond acceptors (Lipinski definition) is 5. The lowest BCUT2D eigenvalue weighted by Gasteiger charge is -2.35. The Morgan fingerprint density at radius 2 is 2.09 bits per heavy atom. The third-order valence-corrected chi connectivity index (χ3v) is 7.50. The van der Waals surface area contributed by atoms with Crippen molar-refractivity contribution < 1.29 is 4.79 Å². The lowest BCUT2D eigenvalue weighted by Crippen LogP contribution is -2.41. The van der Waals surface area contributed by atoms with Crippen LogP contribution in [0, 0.1) is 12.8 Å². The van der Waals surface area contributed by atoms with Crippen molar-refractivity contribution in [1.82, 2.24) is 29.4 Å². The lowest BCUT2D eigenvalue weighted by atomic mass is 9.98. The van der Waals surface area contributed by atoms with Crippen LogP contribution in [0.4, 0.5) is 0 Å². The number of carbonyl (C=O) groups is 1. The van der Waals surface area contributed by atoms with Crippen LogP contribution in [0.3, 0.4) is 0 Å². The van der Waals surface area contributed by atoms with E-state index in [4.69, 9.17) is 4.98 Å². The van der Waals surface area contributed by atoms with E-state index in [-0.39, 0.29) is 23.4 Å². The molecule has 0 radical (unpaired) electrons. The fraction of sp³-hybridized carbons (Fsp3) is 0.520. The molecular weight excluding hydrogens is 416 g/mol. The number of pyridine rings is 1. The summed E-state index contributed by atoms with van der Waals surface area (Å²) in [6.07, 6.45) is 9.79. The molecule has 0 unspecified atom stereocenters. The molecule has 33 heavy (non-hydrogen) atoms. The van der Waals surface area contributed by atoms with Gasteiger partial charge in [-0.2, -0.15) is 0 Å². The van der Waals surface area contributed by atoms with Gasteiger partial charge in [0.05, 0.1) is 29.5 Å². The molecule has 1 N–H and O–H groups in total. The van der Waals surface area contributed by atoms with Crippen molar-refractivity contribution in [3.8, 4) is 0 Å². The number of amides is 1. The first kappa shape index (κ1) is 20.6. The van der Waals surface area contributed by atoms with Crippen LogP contribution in [0.1, 0.15) is 66.2 Å². The third-order valence-electron chi connectivity index (χ3n) is 7.50. The van der Waals surface area contributed by atoms with Crippen LogP contribution in [0.25, 0.3) is 5.65 Å². The molecule has 0 spiro atoms. The number of fused-ring (bicyclic) bond motifs is 2. The van der Waals surface area contributed by atoms with Crippen LogP contribution >= 0.6 is 0 Å². The fourth-order valence-corrected chi connectivity index (χ4v) is 5.38. The van der Waals surface area contributed by atoms with E-state index in [2.05, 4.69) is 28.0 Å². The normalized spacial score (nSPS) is 21.4. The highest BCUT2D eigenvalue weighted by Gasteiger charge is 2.36. The minimum absolute atomic E-state index is 0.0677. The maximum atomic E-state index is 13.4. The van der Waals surface area contributed by atoms with Crippen LogP contribution in [0.15, 0.2) is 29.3 Å². The lowest BCUT2D eigenvalue weighted by molar-refractivity contribution is -0.133. The Balaban J connectivity index is 1.31. The van der Waals surface area contributed by atoms with Crippen molar-refractivity contribution in [1.29, 1.82) is 0 Å². The Labute approximate surface area is 192 Å². The van der Waals surface area contributed by atoms with Gasteiger partial charge in [-0.1, -0.05) is 6.42 Å². The van der Waals surface area contributed by atoms with Gasteiger partial charge in [0.25, 0.3) is 5.56 Å². The monoisotopic (exact) mass is 446 g/mol. The maximum Gasteiger partial charge on any atom is 0.277 e. The van der Waals surface area contributed by atoms with Gasteiger partial charge >= 0.3 is 0 Å². The summed E-state index contributed by atoms with van der Waals surface area (Å²) in [4.78, 5) is 39.3. The Kier molecular flexibility index (Phi) is 5.05. The van der Waals surface area contributed by atoms with E-state index >= 15 is 0 Å². The number of likely N-dealkylation sites (tertiary alicyclic amines) is 1. The summed E-state index contributed by atoms with van der Waals surface area (Å²) in [5, 5.41) is 3.38. The predicted octanol–water partition coefficient (Wildman–Crippen LogP) is 2.75. The first-order chi connectivity index (χ1) is 16.1. The topological polar surface area (TPSA) is 86.6 Å². The SMILES string of the molecule is Cc1cnccc1CN1CCCC[C@@H]1c1cc2nc3c(c(=O)n2[nH]1)CN(C(=O)C1CC1)CC3. The molecule has 2 fully saturated rings. The summed E-state index contributed by atoms with van der Waals surface area (Å²) in [5.74, 6) is 0.367. The van der Waals surface area contributed by atoms with Gasteiger partial charge in [0, 0.05) is 43.9 Å². The zero-order valence-electron chi connectivity index (χ0n) is 19.1. The largest absolute Gasteiger partial charge is 0.337 e. The number of hydrogen-bond donors (Lipinski definition) is 1. The molecule has 6 rings (SSSR count). The van der Waals surface area contributed by atoms with Crippen molar-refractivity contribution in [2.45, 2.75) is 64.6 Å². The zero-order valence-corrected chi connectivity index (χ0v) is 19.1. The van der Waals surface area contributed by atoms with E-state index in [0.717, 1.165) is 43.7 Å². The summed E-state index contributed by atoms with van der Waals surface area (Å²) in [7, 11) is 0. The summed E-state index contributed by atoms with van der Waals surface area (Å²) < 4.78 is 1.59. The van der Waals surface area contributed by atoms with Crippen LogP contribution in [0.5, 0.6) is 0 Å². The van der Waals surface area contributed by atoms with Gasteiger partial charge in [0.1, 0.15) is 0 Å². The molecule has 8 nitrogen and oxygen atoms in total. The molecule has 3 aromatic rings. The Bertz CT molecular complexity index is 1270. The van der Waals surface area contributed by atoms with E-state index in [1.807, 2.05) is 23.4 Å². The van der Waals surface area contributed by atoms with Crippen LogP contribution in [-0.4, -0.2) is 48.4 Å². The minimum atomic E-state index is -0.0677. The van der Waals surface area contributed by atoms with Crippen molar-refractivity contribution in [3.63, 3.8) is 0 Å². The number of H-pyrrole nitrogens is 1. The van der Waals surface area contributed by atoms with E-state index in [1.54, 1.807) is 4.52 Å². The number of aryl methyl sites for hydroxylation is 1. The second kappa shape index (κ2) is 8.09. The number of aromatic nitrogens is 4. The van der Waals surface area contributed by atoms with Crippen LogP contribution in [-0.2, 0) is 24.3 Å². The smallest absolute Gasteiger partial charge is 0.277 e. The Morgan fingerprint density at radius 1 is 1.21 bits per heavy atom. The molecule has 1 saturated carbocycles. The standard InChI is InChI=1S/C25H30N6O2/c1-16-13-26-9-7-18(16)14-29-10-3-2-4-22(29)21-12-23-27-20-8-11-30(24(32)17-5-6-17)15-19(20)25(33)31(23)28-21/h7,9,12-13,17,22,28H,2-6,8,10-11,14-15H2,1H3/t22-/m1/s1. The number of nitrogens with one attached hydrogen (secondary N) is 1. The van der Waals surface area contributed by atoms with Crippen molar-refractivity contribution in [2.75, 3.05) is 13.1 Å². The molecule has 0 aromatic carbocycles. The van der Waals surface area contributed by atoms with Crippen molar-refractivity contribution in [2.24, 2.45) is 5.92 Å². The van der Waals surface area contributed by atoms with Gasteiger partial charge in [0.15, 0.2) is 5.65 Å². The first-order valence-corrected chi connectivity index (χ1v) is 12.1. The highest BCUT2D eigenvalue weighted by Crippen LogP contribution is 2.33. The molecule has 1 amide bonds. The number of piperidine rings is 1. The average Bonchev–Trinajstić information content (AvgIpc) is 3.60. The molecule has 1 saturated heterocycles. The van der Waals surface area contributed by atoms with Gasteiger partial charge in [-0.3, -0.25) is 24.6 Å².